The minimum atomic E-state index is -1.35. The number of nitrogens with zero attached hydrogens (tertiary/aromatic N) is 1. The molecule has 0 bridgehead atoms. The second-order valence-electron chi connectivity index (χ2n) is 4.25. The van der Waals surface area contributed by atoms with Gasteiger partial charge in [0.15, 0.2) is 0 Å². The number of aromatic carboxylic acids is 1. The molecule has 0 aliphatic heterocycles. The van der Waals surface area contributed by atoms with E-state index in [1.165, 1.54) is 24.3 Å². The summed E-state index contributed by atoms with van der Waals surface area (Å²) in [6.07, 6.45) is 0. The molecule has 2 N–H and O–H groups in total. The van der Waals surface area contributed by atoms with Gasteiger partial charge < -0.3 is 10.1 Å². The van der Waals surface area contributed by atoms with E-state index in [2.05, 4.69) is 9.97 Å². The first-order valence-electron chi connectivity index (χ1n) is 5.73. The predicted octanol–water partition coefficient (Wildman–Crippen LogP) is 3.21. The van der Waals surface area contributed by atoms with Gasteiger partial charge in [-0.05, 0) is 30.3 Å². The molecule has 1 heterocycles. The van der Waals surface area contributed by atoms with E-state index in [9.17, 15) is 13.6 Å². The maximum atomic E-state index is 13.6. The molecule has 3 aromatic rings. The summed E-state index contributed by atoms with van der Waals surface area (Å²) in [6.45, 7) is 0. The topological polar surface area (TPSA) is 66.0 Å². The highest BCUT2D eigenvalue weighted by molar-refractivity contribution is 5.93. The number of imidazole rings is 1. The smallest absolute Gasteiger partial charge is 0.338 e. The van der Waals surface area contributed by atoms with Crippen LogP contribution in [0.4, 0.5) is 8.78 Å². The summed E-state index contributed by atoms with van der Waals surface area (Å²) in [5, 5.41) is 8.86. The van der Waals surface area contributed by atoms with Gasteiger partial charge in [-0.2, -0.15) is 0 Å². The standard InChI is InChI=1S/C14H8F2N2O2/c15-8-3-1-7(2-4-8)13-17-11-5-9(14(19)20)10(16)6-12(11)18-13/h1-6H,(H,17,18)(H,19,20). The minimum Gasteiger partial charge on any atom is -0.478 e. The molecular weight excluding hydrogens is 266 g/mol. The fourth-order valence-corrected chi connectivity index (χ4v) is 1.94. The third kappa shape index (κ3) is 2.01. The van der Waals surface area contributed by atoms with Gasteiger partial charge in [0.2, 0.25) is 0 Å². The first-order valence-corrected chi connectivity index (χ1v) is 5.73. The van der Waals surface area contributed by atoms with E-state index in [1.54, 1.807) is 0 Å². The second kappa shape index (κ2) is 4.41. The van der Waals surface area contributed by atoms with Crippen molar-refractivity contribution < 1.29 is 18.7 Å². The van der Waals surface area contributed by atoms with Crippen LogP contribution in [-0.2, 0) is 0 Å². The summed E-state index contributed by atoms with van der Waals surface area (Å²) in [6, 6.07) is 7.87. The third-order valence-electron chi connectivity index (χ3n) is 2.92. The normalized spacial score (nSPS) is 10.9. The van der Waals surface area contributed by atoms with Gasteiger partial charge in [-0.25, -0.2) is 18.6 Å². The number of rotatable bonds is 2. The van der Waals surface area contributed by atoms with Crippen molar-refractivity contribution in [1.82, 2.24) is 9.97 Å². The predicted molar refractivity (Wildman–Crippen MR) is 68.4 cm³/mol. The van der Waals surface area contributed by atoms with Crippen LogP contribution < -0.4 is 0 Å². The average molecular weight is 274 g/mol. The van der Waals surface area contributed by atoms with Crippen LogP contribution in [0.15, 0.2) is 36.4 Å². The highest BCUT2D eigenvalue weighted by Crippen LogP contribution is 2.23. The van der Waals surface area contributed by atoms with Gasteiger partial charge in [-0.1, -0.05) is 0 Å². The molecule has 20 heavy (non-hydrogen) atoms. The van der Waals surface area contributed by atoms with Crippen molar-refractivity contribution in [2.75, 3.05) is 0 Å². The van der Waals surface area contributed by atoms with Crippen LogP contribution in [0.2, 0.25) is 0 Å². The van der Waals surface area contributed by atoms with Gasteiger partial charge in [0.05, 0.1) is 16.6 Å². The van der Waals surface area contributed by atoms with Gasteiger partial charge in [0.1, 0.15) is 17.5 Å². The summed E-state index contributed by atoms with van der Waals surface area (Å²) >= 11 is 0. The quantitative estimate of drug-likeness (QED) is 0.754. The lowest BCUT2D eigenvalue weighted by molar-refractivity contribution is 0.0692. The number of carboxylic acids is 1. The minimum absolute atomic E-state index is 0.336. The van der Waals surface area contributed by atoms with Crippen LogP contribution in [0.1, 0.15) is 10.4 Å². The fraction of sp³-hybridized carbons (Fsp3) is 0. The number of benzene rings is 2. The Bertz CT molecular complexity index is 810. The van der Waals surface area contributed by atoms with Crippen molar-refractivity contribution in [1.29, 1.82) is 0 Å². The maximum absolute atomic E-state index is 13.6. The van der Waals surface area contributed by atoms with E-state index in [0.717, 1.165) is 12.1 Å². The first kappa shape index (κ1) is 12.3. The molecule has 0 saturated heterocycles. The average Bonchev–Trinajstić information content (AvgIpc) is 2.81. The molecule has 0 spiro atoms. The van der Waals surface area contributed by atoms with Crippen LogP contribution >= 0.6 is 0 Å². The fourth-order valence-electron chi connectivity index (χ4n) is 1.94. The summed E-state index contributed by atoms with van der Waals surface area (Å²) in [4.78, 5) is 17.9. The lowest BCUT2D eigenvalue weighted by Gasteiger charge is -1.96. The highest BCUT2D eigenvalue weighted by Gasteiger charge is 2.14. The molecule has 0 aliphatic rings. The monoisotopic (exact) mass is 274 g/mol. The highest BCUT2D eigenvalue weighted by atomic mass is 19.1. The van der Waals surface area contributed by atoms with Gasteiger partial charge >= 0.3 is 5.97 Å². The number of carbonyl (C=O) groups is 1. The molecular formula is C14H8F2N2O2. The van der Waals surface area contributed by atoms with Crippen molar-refractivity contribution in [3.05, 3.63) is 53.6 Å². The van der Waals surface area contributed by atoms with Crippen molar-refractivity contribution in [2.45, 2.75) is 0 Å². The molecule has 0 saturated carbocycles. The zero-order chi connectivity index (χ0) is 14.3. The number of nitrogens with one attached hydrogen (secondary N) is 1. The molecule has 0 radical (unpaired) electrons. The number of hydrogen-bond acceptors (Lipinski definition) is 2. The summed E-state index contributed by atoms with van der Waals surface area (Å²) in [5.74, 6) is -2.14. The molecule has 0 aliphatic carbocycles. The molecule has 0 atom stereocenters. The van der Waals surface area contributed by atoms with E-state index in [-0.39, 0.29) is 5.82 Å². The number of H-pyrrole nitrogens is 1. The van der Waals surface area contributed by atoms with Gasteiger partial charge in [0.25, 0.3) is 0 Å². The van der Waals surface area contributed by atoms with Crippen LogP contribution in [0.25, 0.3) is 22.4 Å². The summed E-state index contributed by atoms with van der Waals surface area (Å²) < 4.78 is 26.4. The van der Waals surface area contributed by atoms with Gasteiger partial charge in [0, 0.05) is 11.6 Å². The third-order valence-corrected chi connectivity index (χ3v) is 2.92. The molecule has 2 aromatic carbocycles. The molecule has 0 unspecified atom stereocenters. The van der Waals surface area contributed by atoms with E-state index >= 15 is 0 Å². The van der Waals surface area contributed by atoms with E-state index < -0.39 is 17.3 Å². The molecule has 0 fully saturated rings. The Labute approximate surface area is 111 Å². The Hall–Kier alpha value is -2.76. The lowest BCUT2D eigenvalue weighted by Crippen LogP contribution is -1.99. The Morgan fingerprint density at radius 2 is 1.85 bits per heavy atom. The summed E-state index contributed by atoms with van der Waals surface area (Å²) in [7, 11) is 0. The van der Waals surface area contributed by atoms with Crippen LogP contribution in [0.5, 0.6) is 0 Å². The van der Waals surface area contributed by atoms with Crippen LogP contribution in [-0.4, -0.2) is 21.0 Å². The second-order valence-corrected chi connectivity index (χ2v) is 4.25. The van der Waals surface area contributed by atoms with E-state index in [4.69, 9.17) is 5.11 Å². The van der Waals surface area contributed by atoms with E-state index in [0.29, 0.717) is 22.4 Å². The number of halogens is 2. The number of hydrogen-bond donors (Lipinski definition) is 2. The van der Waals surface area contributed by atoms with Crippen molar-refractivity contribution >= 4 is 17.0 Å². The Balaban J connectivity index is 2.15. The molecule has 4 nitrogen and oxygen atoms in total. The van der Waals surface area contributed by atoms with Crippen molar-refractivity contribution in [3.8, 4) is 11.4 Å². The maximum Gasteiger partial charge on any atom is 0.338 e. The van der Waals surface area contributed by atoms with Gasteiger partial charge in [-0.3, -0.25) is 0 Å². The zero-order valence-electron chi connectivity index (χ0n) is 10.0. The van der Waals surface area contributed by atoms with E-state index in [1.807, 2.05) is 0 Å². The lowest BCUT2D eigenvalue weighted by atomic mass is 10.2. The Morgan fingerprint density at radius 1 is 1.15 bits per heavy atom. The first-order chi connectivity index (χ1) is 9.54. The van der Waals surface area contributed by atoms with Crippen LogP contribution in [0, 0.1) is 11.6 Å². The molecule has 1 aromatic heterocycles. The summed E-state index contributed by atoms with van der Waals surface area (Å²) in [5.41, 5.74) is 0.907. The largest absolute Gasteiger partial charge is 0.478 e. The number of aromatic amines is 1. The molecule has 100 valence electrons. The van der Waals surface area contributed by atoms with Crippen LogP contribution in [0.3, 0.4) is 0 Å². The Morgan fingerprint density at radius 3 is 2.50 bits per heavy atom. The zero-order valence-corrected chi connectivity index (χ0v) is 10.0. The van der Waals surface area contributed by atoms with Crippen molar-refractivity contribution in [3.63, 3.8) is 0 Å². The SMILES string of the molecule is O=C(O)c1cc2nc(-c3ccc(F)cc3)[nH]c2cc1F. The Kier molecular flexibility index (Phi) is 2.71. The van der Waals surface area contributed by atoms with Crippen molar-refractivity contribution in [2.24, 2.45) is 0 Å². The molecule has 0 amide bonds. The van der Waals surface area contributed by atoms with Gasteiger partial charge in [-0.15, -0.1) is 0 Å². The molecule has 6 heteroatoms. The number of carboxylic acid groups (broad SMARTS) is 1. The molecule has 3 rings (SSSR count). The number of fused-ring (bicyclic) bond motifs is 1. The number of aromatic nitrogens is 2.